The molecule has 1 aromatic carbocycles. The highest BCUT2D eigenvalue weighted by Gasteiger charge is 2.24. The van der Waals surface area contributed by atoms with Gasteiger partial charge < -0.3 is 15.0 Å². The van der Waals surface area contributed by atoms with E-state index in [0.29, 0.717) is 11.8 Å². The van der Waals surface area contributed by atoms with Crippen LogP contribution in [-0.2, 0) is 9.59 Å². The first-order valence-corrected chi connectivity index (χ1v) is 7.67. The van der Waals surface area contributed by atoms with Gasteiger partial charge in [-0.15, -0.1) is 0 Å². The highest BCUT2D eigenvalue weighted by atomic mass is 79.9. The Morgan fingerprint density at radius 3 is 2.76 bits per heavy atom. The van der Waals surface area contributed by atoms with E-state index in [4.69, 9.17) is 4.74 Å². The number of ether oxygens (including phenoxy) is 1. The van der Waals surface area contributed by atoms with E-state index in [-0.39, 0.29) is 25.0 Å². The summed E-state index contributed by atoms with van der Waals surface area (Å²) < 4.78 is 6.29. The van der Waals surface area contributed by atoms with Crippen molar-refractivity contribution in [3.05, 3.63) is 28.2 Å². The summed E-state index contributed by atoms with van der Waals surface area (Å²) in [6.07, 6.45) is 2.07. The van der Waals surface area contributed by atoms with E-state index in [1.807, 2.05) is 25.1 Å². The SMILES string of the molecule is Cc1ccc(OCC(=O)N(C)CC(=O)NC2CC2)c(Br)c1. The summed E-state index contributed by atoms with van der Waals surface area (Å²) in [6, 6.07) is 5.96. The Morgan fingerprint density at radius 1 is 1.43 bits per heavy atom. The number of amides is 2. The van der Waals surface area contributed by atoms with Crippen molar-refractivity contribution in [2.75, 3.05) is 20.2 Å². The molecule has 5 nitrogen and oxygen atoms in total. The Kier molecular flexibility index (Phi) is 5.22. The van der Waals surface area contributed by atoms with Crippen molar-refractivity contribution in [2.45, 2.75) is 25.8 Å². The van der Waals surface area contributed by atoms with Gasteiger partial charge in [0.15, 0.2) is 6.61 Å². The van der Waals surface area contributed by atoms with Gasteiger partial charge in [0.25, 0.3) is 5.91 Å². The van der Waals surface area contributed by atoms with Gasteiger partial charge in [-0.3, -0.25) is 9.59 Å². The highest BCUT2D eigenvalue weighted by Crippen LogP contribution is 2.25. The van der Waals surface area contributed by atoms with Crippen molar-refractivity contribution in [3.8, 4) is 5.75 Å². The minimum atomic E-state index is -0.228. The van der Waals surface area contributed by atoms with Crippen LogP contribution < -0.4 is 10.1 Å². The molecule has 0 spiro atoms. The van der Waals surface area contributed by atoms with Gasteiger partial charge in [-0.2, -0.15) is 0 Å². The van der Waals surface area contributed by atoms with Crippen LogP contribution in [0.1, 0.15) is 18.4 Å². The monoisotopic (exact) mass is 354 g/mol. The Hall–Kier alpha value is -1.56. The van der Waals surface area contributed by atoms with Crippen LogP contribution in [0.2, 0.25) is 0 Å². The summed E-state index contributed by atoms with van der Waals surface area (Å²) in [7, 11) is 1.60. The van der Waals surface area contributed by atoms with Gasteiger partial charge in [-0.25, -0.2) is 0 Å². The van der Waals surface area contributed by atoms with Gasteiger partial charge in [0, 0.05) is 13.1 Å². The lowest BCUT2D eigenvalue weighted by Crippen LogP contribution is -2.40. The highest BCUT2D eigenvalue weighted by molar-refractivity contribution is 9.10. The number of benzene rings is 1. The average molecular weight is 355 g/mol. The predicted octanol–water partition coefficient (Wildman–Crippen LogP) is 1.87. The van der Waals surface area contributed by atoms with E-state index in [1.54, 1.807) is 7.05 Å². The molecule has 1 saturated carbocycles. The van der Waals surface area contributed by atoms with Gasteiger partial charge >= 0.3 is 0 Å². The largest absolute Gasteiger partial charge is 0.483 e. The molecule has 0 radical (unpaired) electrons. The first-order chi connectivity index (χ1) is 9.95. The number of aryl methyl sites for hydroxylation is 1. The summed E-state index contributed by atoms with van der Waals surface area (Å²) in [5, 5.41) is 2.85. The molecule has 0 aliphatic heterocycles. The lowest BCUT2D eigenvalue weighted by molar-refractivity contribution is -0.136. The molecule has 2 rings (SSSR count). The number of halogens is 1. The molecule has 1 aromatic rings. The summed E-state index contributed by atoms with van der Waals surface area (Å²) >= 11 is 3.39. The third-order valence-electron chi connectivity index (χ3n) is 3.19. The van der Waals surface area contributed by atoms with Gasteiger partial charge in [0.1, 0.15) is 5.75 Å². The molecule has 21 heavy (non-hydrogen) atoms. The maximum absolute atomic E-state index is 11.9. The zero-order chi connectivity index (χ0) is 15.4. The van der Waals surface area contributed by atoms with E-state index in [2.05, 4.69) is 21.2 Å². The molecule has 1 aliphatic carbocycles. The first kappa shape index (κ1) is 15.8. The predicted molar refractivity (Wildman–Crippen MR) is 83.2 cm³/mol. The Labute approximate surface area is 132 Å². The van der Waals surface area contributed by atoms with Crippen molar-refractivity contribution in [2.24, 2.45) is 0 Å². The molecule has 0 aromatic heterocycles. The smallest absolute Gasteiger partial charge is 0.260 e. The van der Waals surface area contributed by atoms with E-state index < -0.39 is 0 Å². The number of hydrogen-bond donors (Lipinski definition) is 1. The molecule has 0 heterocycles. The Balaban J connectivity index is 1.78. The fourth-order valence-electron chi connectivity index (χ4n) is 1.78. The van der Waals surface area contributed by atoms with E-state index in [0.717, 1.165) is 22.9 Å². The minimum absolute atomic E-state index is 0.0633. The third-order valence-corrected chi connectivity index (χ3v) is 3.81. The molecular weight excluding hydrogens is 336 g/mol. The molecule has 1 N–H and O–H groups in total. The maximum atomic E-state index is 11.9. The van der Waals surface area contributed by atoms with E-state index >= 15 is 0 Å². The second kappa shape index (κ2) is 6.93. The summed E-state index contributed by atoms with van der Waals surface area (Å²) in [5.41, 5.74) is 1.11. The third kappa shape index (κ3) is 5.04. The standard InChI is InChI=1S/C15H19BrN2O3/c1-10-3-6-13(12(16)7-10)21-9-15(20)18(2)8-14(19)17-11-4-5-11/h3,6-7,11H,4-5,8-9H2,1-2H3,(H,17,19). The zero-order valence-corrected chi connectivity index (χ0v) is 13.8. The minimum Gasteiger partial charge on any atom is -0.483 e. The lowest BCUT2D eigenvalue weighted by atomic mass is 10.2. The van der Waals surface area contributed by atoms with Gasteiger partial charge in [0.2, 0.25) is 5.91 Å². The van der Waals surface area contributed by atoms with Gasteiger partial charge in [0.05, 0.1) is 11.0 Å². The van der Waals surface area contributed by atoms with Crippen LogP contribution in [0.5, 0.6) is 5.75 Å². The van der Waals surface area contributed by atoms with Crippen LogP contribution in [0.15, 0.2) is 22.7 Å². The van der Waals surface area contributed by atoms with Crippen molar-refractivity contribution in [1.29, 1.82) is 0 Å². The van der Waals surface area contributed by atoms with Crippen LogP contribution in [0.3, 0.4) is 0 Å². The van der Waals surface area contributed by atoms with Crippen molar-refractivity contribution in [1.82, 2.24) is 10.2 Å². The maximum Gasteiger partial charge on any atom is 0.260 e. The molecule has 0 atom stereocenters. The summed E-state index contributed by atoms with van der Waals surface area (Å²) in [4.78, 5) is 24.9. The molecule has 0 saturated heterocycles. The van der Waals surface area contributed by atoms with Crippen molar-refractivity contribution < 1.29 is 14.3 Å². The Bertz CT molecular complexity index is 544. The van der Waals surface area contributed by atoms with Crippen LogP contribution in [0.4, 0.5) is 0 Å². The fourth-order valence-corrected chi connectivity index (χ4v) is 2.38. The molecule has 0 unspecified atom stereocenters. The Morgan fingerprint density at radius 2 is 2.14 bits per heavy atom. The summed E-state index contributed by atoms with van der Waals surface area (Å²) in [6.45, 7) is 1.95. The van der Waals surface area contributed by atoms with E-state index in [1.165, 1.54) is 4.90 Å². The number of likely N-dealkylation sites (N-methyl/N-ethyl adjacent to an activating group) is 1. The average Bonchev–Trinajstić information content (AvgIpc) is 3.21. The molecule has 6 heteroatoms. The number of carbonyl (C=O) groups is 2. The quantitative estimate of drug-likeness (QED) is 0.848. The molecule has 2 amide bonds. The molecule has 0 bridgehead atoms. The normalized spacial score (nSPS) is 13.7. The second-order valence-corrected chi connectivity index (χ2v) is 6.17. The molecule has 1 aliphatic rings. The van der Waals surface area contributed by atoms with Crippen molar-refractivity contribution in [3.63, 3.8) is 0 Å². The number of hydrogen-bond acceptors (Lipinski definition) is 3. The molecule has 114 valence electrons. The summed E-state index contributed by atoms with van der Waals surface area (Å²) in [5.74, 6) is 0.267. The lowest BCUT2D eigenvalue weighted by Gasteiger charge is -2.17. The van der Waals surface area contributed by atoms with Crippen LogP contribution in [0, 0.1) is 6.92 Å². The molecular formula is C15H19BrN2O3. The van der Waals surface area contributed by atoms with Crippen LogP contribution in [0.25, 0.3) is 0 Å². The van der Waals surface area contributed by atoms with Gasteiger partial charge in [-0.1, -0.05) is 6.07 Å². The first-order valence-electron chi connectivity index (χ1n) is 6.88. The van der Waals surface area contributed by atoms with E-state index in [9.17, 15) is 9.59 Å². The van der Waals surface area contributed by atoms with Crippen LogP contribution in [-0.4, -0.2) is 43.0 Å². The topological polar surface area (TPSA) is 58.6 Å². The second-order valence-electron chi connectivity index (χ2n) is 5.31. The number of rotatable bonds is 6. The van der Waals surface area contributed by atoms with Crippen LogP contribution >= 0.6 is 15.9 Å². The fraction of sp³-hybridized carbons (Fsp3) is 0.467. The van der Waals surface area contributed by atoms with Gasteiger partial charge in [-0.05, 0) is 53.4 Å². The zero-order valence-electron chi connectivity index (χ0n) is 12.2. The molecule has 1 fully saturated rings. The number of nitrogens with one attached hydrogen (secondary N) is 1. The number of nitrogens with zero attached hydrogens (tertiary/aromatic N) is 1. The number of carbonyl (C=O) groups excluding carboxylic acids is 2. The van der Waals surface area contributed by atoms with Crippen molar-refractivity contribution >= 4 is 27.7 Å².